The molecular formula is C43H43F6N3O12. The van der Waals surface area contributed by atoms with Gasteiger partial charge in [-0.2, -0.15) is 4.39 Å². The third-order valence-electron chi connectivity index (χ3n) is 8.06. The fourth-order valence-electron chi connectivity index (χ4n) is 5.32. The van der Waals surface area contributed by atoms with E-state index in [1.54, 1.807) is 6.92 Å². The van der Waals surface area contributed by atoms with E-state index in [0.717, 1.165) is 12.4 Å². The Balaban J connectivity index is 0.000000510. The van der Waals surface area contributed by atoms with Crippen LogP contribution < -0.4 is 15.9 Å². The number of phenols is 1. The van der Waals surface area contributed by atoms with Crippen molar-refractivity contribution in [3.63, 3.8) is 0 Å². The summed E-state index contributed by atoms with van der Waals surface area (Å²) < 4.78 is 97.5. The van der Waals surface area contributed by atoms with E-state index in [-0.39, 0.29) is 86.5 Å². The maximum absolute atomic E-state index is 14.4. The number of pyridine rings is 1. The number of halogens is 6. The number of carbonyl (C=O) groups excluding carboxylic acids is 3. The van der Waals surface area contributed by atoms with Crippen LogP contribution in [0.4, 0.5) is 32.0 Å². The van der Waals surface area contributed by atoms with Crippen molar-refractivity contribution in [3.8, 4) is 22.9 Å². The molecule has 5 aromatic rings. The molecule has 1 aliphatic rings. The van der Waals surface area contributed by atoms with E-state index in [9.17, 15) is 60.2 Å². The number of ketones is 1. The molecule has 0 spiro atoms. The van der Waals surface area contributed by atoms with Crippen LogP contribution in [0.15, 0.2) is 71.3 Å². The first kappa shape index (κ1) is 54.2. The molecule has 344 valence electrons. The van der Waals surface area contributed by atoms with Crippen molar-refractivity contribution < 1.29 is 79.8 Å². The zero-order valence-corrected chi connectivity index (χ0v) is 31.9. The highest BCUT2D eigenvalue weighted by Gasteiger charge is 2.31. The summed E-state index contributed by atoms with van der Waals surface area (Å²) in [4.78, 5) is 71.7. The van der Waals surface area contributed by atoms with E-state index in [4.69, 9.17) is 25.4 Å². The van der Waals surface area contributed by atoms with Gasteiger partial charge < -0.3 is 44.7 Å². The summed E-state index contributed by atoms with van der Waals surface area (Å²) in [5.74, 6) is -16.6. The number of nitrogen functional groups attached to an aromatic ring is 1. The van der Waals surface area contributed by atoms with E-state index >= 15 is 0 Å². The monoisotopic (exact) mass is 907 g/mol. The summed E-state index contributed by atoms with van der Waals surface area (Å²) in [5.41, 5.74) is 2.32. The maximum Gasteiger partial charge on any atom is 0.343 e. The third-order valence-corrected chi connectivity index (χ3v) is 8.06. The number of hydrogen-bond donors (Lipinski definition) is 4. The van der Waals surface area contributed by atoms with Gasteiger partial charge in [0.15, 0.2) is 40.6 Å². The molecule has 0 atom stereocenters. The van der Waals surface area contributed by atoms with Crippen LogP contribution in [0.3, 0.4) is 0 Å². The molecule has 2 heterocycles. The highest BCUT2D eigenvalue weighted by molar-refractivity contribution is 6.24. The average Bonchev–Trinajstić information content (AvgIpc) is 3.21. The molecule has 0 unspecified atom stereocenters. The number of anilines is 1. The number of carboxylic acids is 2. The molecule has 0 amide bonds. The van der Waals surface area contributed by atoms with Crippen LogP contribution in [-0.4, -0.2) is 81.8 Å². The zero-order valence-electron chi connectivity index (χ0n) is 31.9. The fraction of sp³-hybridized carbons (Fsp3) is 0.209. The minimum Gasteiger partial charge on any atom is -0.506 e. The number of aromatic nitrogens is 1. The number of benzene rings is 4. The SMILES string of the molecule is C.C.C.CCOC(=O)/C(=C\N(C)C)C(=O)c1cc(F)c(F)c(F)c1F.CCOC(=O)c1cn2c3c(c(F)c(F)cc3c1=O)Oc1ccc(C(=O)O)cc1-2.Nc1cc(C(=O)O)ccc1O. The lowest BCUT2D eigenvalue weighted by Gasteiger charge is -2.24. The molecule has 64 heavy (non-hydrogen) atoms. The molecule has 0 bridgehead atoms. The first-order valence-corrected chi connectivity index (χ1v) is 17.2. The van der Waals surface area contributed by atoms with E-state index in [1.165, 1.54) is 66.9 Å². The van der Waals surface area contributed by atoms with Crippen LogP contribution in [0, 0.1) is 34.9 Å². The van der Waals surface area contributed by atoms with Crippen LogP contribution >= 0.6 is 0 Å². The molecule has 0 aliphatic carbocycles. The Bertz CT molecular complexity index is 2720. The first-order chi connectivity index (χ1) is 28.6. The molecule has 5 N–H and O–H groups in total. The number of esters is 2. The Labute approximate surface area is 361 Å². The molecule has 21 heteroatoms. The summed E-state index contributed by atoms with van der Waals surface area (Å²) in [6, 6.07) is 8.35. The van der Waals surface area contributed by atoms with Crippen molar-refractivity contribution in [2.75, 3.05) is 33.0 Å². The van der Waals surface area contributed by atoms with Gasteiger partial charge in [-0.25, -0.2) is 41.1 Å². The van der Waals surface area contributed by atoms with Crippen molar-refractivity contribution in [1.82, 2.24) is 9.47 Å². The Morgan fingerprint density at radius 2 is 1.33 bits per heavy atom. The van der Waals surface area contributed by atoms with Crippen LogP contribution in [0.1, 0.15) is 77.6 Å². The zero-order chi connectivity index (χ0) is 45.6. The van der Waals surface area contributed by atoms with Crippen molar-refractivity contribution >= 4 is 46.3 Å². The predicted octanol–water partition coefficient (Wildman–Crippen LogP) is 8.26. The van der Waals surface area contributed by atoms with Crippen molar-refractivity contribution in [2.24, 2.45) is 0 Å². The van der Waals surface area contributed by atoms with Gasteiger partial charge in [-0.15, -0.1) is 0 Å². The second kappa shape index (κ2) is 22.3. The third kappa shape index (κ3) is 11.3. The van der Waals surface area contributed by atoms with Crippen molar-refractivity contribution in [2.45, 2.75) is 36.1 Å². The fourth-order valence-corrected chi connectivity index (χ4v) is 5.32. The molecule has 15 nitrogen and oxygen atoms in total. The summed E-state index contributed by atoms with van der Waals surface area (Å²) in [7, 11) is 2.93. The van der Waals surface area contributed by atoms with Gasteiger partial charge in [-0.05, 0) is 62.4 Å². The van der Waals surface area contributed by atoms with Gasteiger partial charge in [0.25, 0.3) is 0 Å². The Kier molecular flexibility index (Phi) is 18.9. The second-order valence-corrected chi connectivity index (χ2v) is 12.4. The largest absolute Gasteiger partial charge is 0.506 e. The molecule has 0 saturated carbocycles. The van der Waals surface area contributed by atoms with Gasteiger partial charge in [0.2, 0.25) is 17.0 Å². The van der Waals surface area contributed by atoms with Crippen LogP contribution in [0.25, 0.3) is 16.6 Å². The molecule has 0 fully saturated rings. The minimum absolute atomic E-state index is 0. The van der Waals surface area contributed by atoms with Crippen LogP contribution in [0.2, 0.25) is 0 Å². The van der Waals surface area contributed by atoms with Crippen LogP contribution in [-0.2, 0) is 14.3 Å². The molecule has 0 radical (unpaired) electrons. The molecule has 4 aromatic carbocycles. The van der Waals surface area contributed by atoms with E-state index in [2.05, 4.69) is 4.74 Å². The number of rotatable bonds is 9. The first-order valence-electron chi connectivity index (χ1n) is 17.2. The predicted molar refractivity (Wildman–Crippen MR) is 221 cm³/mol. The lowest BCUT2D eigenvalue weighted by molar-refractivity contribution is -0.138. The molecule has 6 rings (SSSR count). The van der Waals surface area contributed by atoms with Gasteiger partial charge in [0.1, 0.15) is 22.4 Å². The molecular weight excluding hydrogens is 864 g/mol. The number of fused-ring (bicyclic) bond motifs is 2. The summed E-state index contributed by atoms with van der Waals surface area (Å²) in [6.45, 7) is 2.97. The highest BCUT2D eigenvalue weighted by Crippen LogP contribution is 2.42. The van der Waals surface area contributed by atoms with E-state index in [0.29, 0.717) is 6.07 Å². The topological polar surface area (TPSA) is 225 Å². The summed E-state index contributed by atoms with van der Waals surface area (Å²) in [6.07, 6.45) is 2.12. The van der Waals surface area contributed by atoms with E-state index in [1.807, 2.05) is 0 Å². The Hall–Kier alpha value is -7.84. The van der Waals surface area contributed by atoms with Crippen molar-refractivity contribution in [1.29, 1.82) is 0 Å². The molecule has 1 aliphatic heterocycles. The standard InChI is InChI=1S/C19H11F2NO6.C14H13F4NO3.C7H7NO3.3CH4/c1-2-27-19(26)10-7-22-12-5-8(18(24)25)3-4-13(12)28-17-14(21)11(20)6-9(15(17)22)16(10)23;1-4-22-14(21)8(6-19(2)3)13(20)7-5-9(15)11(17)12(18)10(7)16;8-5-3-4(7(10)11)1-2-6(5)9;;;/h3-7H,2H2,1H3,(H,24,25);5-6H,4H2,1-3H3;1-3,9H,8H2,(H,10,11);3*1H4/b;8-6-;;;;. The number of carbonyl (C=O) groups is 5. The van der Waals surface area contributed by atoms with Crippen molar-refractivity contribution in [3.05, 3.63) is 134 Å². The second-order valence-electron chi connectivity index (χ2n) is 12.4. The average molecular weight is 908 g/mol. The van der Waals surface area contributed by atoms with Crippen LogP contribution in [0.5, 0.6) is 17.2 Å². The number of aromatic carboxylic acids is 2. The lowest BCUT2D eigenvalue weighted by Crippen LogP contribution is -2.22. The summed E-state index contributed by atoms with van der Waals surface area (Å²) in [5, 5.41) is 26.3. The van der Waals surface area contributed by atoms with Gasteiger partial charge in [0, 0.05) is 26.5 Å². The normalized spacial score (nSPS) is 10.6. The number of phenolic OH excluding ortho intramolecular Hbond substituents is 1. The number of carboxylic acid groups (broad SMARTS) is 2. The smallest absolute Gasteiger partial charge is 0.343 e. The Morgan fingerprint density at radius 1 is 0.766 bits per heavy atom. The van der Waals surface area contributed by atoms with E-state index < -0.39 is 92.4 Å². The number of aromatic hydroxyl groups is 1. The number of ether oxygens (including phenoxy) is 3. The number of nitrogens with zero attached hydrogens (tertiary/aromatic N) is 2. The Morgan fingerprint density at radius 3 is 1.88 bits per heavy atom. The van der Waals surface area contributed by atoms with Gasteiger partial charge >= 0.3 is 23.9 Å². The lowest BCUT2D eigenvalue weighted by atomic mass is 10.0. The summed E-state index contributed by atoms with van der Waals surface area (Å²) >= 11 is 0. The van der Waals surface area contributed by atoms with Gasteiger partial charge in [-0.3, -0.25) is 9.59 Å². The maximum atomic E-state index is 14.4. The minimum atomic E-state index is -2.13. The quantitative estimate of drug-likeness (QED) is 0.0102. The number of Topliss-reactive ketones (excluding diaryl/α,β-unsaturated/α-hetero) is 1. The molecule has 0 saturated heterocycles. The number of hydrogen-bond acceptors (Lipinski definition) is 12. The van der Waals surface area contributed by atoms with Gasteiger partial charge in [0.05, 0.1) is 46.7 Å². The highest BCUT2D eigenvalue weighted by atomic mass is 19.2. The van der Waals surface area contributed by atoms with Gasteiger partial charge in [-0.1, -0.05) is 22.3 Å². The number of nitrogens with two attached hydrogens (primary N) is 1. The molecule has 1 aromatic heterocycles.